The van der Waals surface area contributed by atoms with Crippen molar-refractivity contribution in [2.45, 2.75) is 79.6 Å². The highest BCUT2D eigenvalue weighted by Crippen LogP contribution is 2.41. The van der Waals surface area contributed by atoms with Crippen molar-refractivity contribution in [2.75, 3.05) is 19.8 Å². The first-order valence-electron chi connectivity index (χ1n) is 14.4. The number of aliphatic hydroxyl groups is 1. The number of carboxylic acid groups (broad SMARTS) is 1. The Bertz CT molecular complexity index is 1160. The van der Waals surface area contributed by atoms with Crippen LogP contribution in [0.4, 0.5) is 0 Å². The summed E-state index contributed by atoms with van der Waals surface area (Å²) in [5.74, 6) is -5.55. The van der Waals surface area contributed by atoms with Gasteiger partial charge in [-0.15, -0.1) is 0 Å². The minimum Gasteiger partial charge on any atom is -0.494 e. The third kappa shape index (κ3) is 8.48. The summed E-state index contributed by atoms with van der Waals surface area (Å²) in [4.78, 5) is 37.8. The van der Waals surface area contributed by atoms with Crippen LogP contribution in [0.15, 0.2) is 18.2 Å². The lowest BCUT2D eigenvalue weighted by molar-refractivity contribution is -0.154. The van der Waals surface area contributed by atoms with Gasteiger partial charge in [-0.3, -0.25) is 19.0 Å². The number of aliphatic hydroxyl groups excluding tert-OH is 1. The summed E-state index contributed by atoms with van der Waals surface area (Å²) in [5.41, 5.74) is 3.21. The van der Waals surface area contributed by atoms with Crippen molar-refractivity contribution in [1.82, 2.24) is 4.57 Å². The zero-order valence-corrected chi connectivity index (χ0v) is 24.8. The Hall–Kier alpha value is -3.53. The number of carboxylic acids is 1. The lowest BCUT2D eigenvalue weighted by Crippen LogP contribution is -2.30. The lowest BCUT2D eigenvalue weighted by atomic mass is 9.84. The number of carbonyl (C=O) groups excluding carboxylic acids is 2. The Balaban J connectivity index is 2.55. The van der Waals surface area contributed by atoms with Crippen molar-refractivity contribution >= 4 is 17.9 Å². The number of hydrogen-bond donors (Lipinski definition) is 4. The third-order valence-electron chi connectivity index (χ3n) is 7.49. The van der Waals surface area contributed by atoms with Crippen LogP contribution in [0, 0.1) is 24.7 Å². The number of hydrogen-bond acceptors (Lipinski definition) is 8. The summed E-state index contributed by atoms with van der Waals surface area (Å²) in [7, 11) is 0. The predicted molar refractivity (Wildman–Crippen MR) is 153 cm³/mol. The number of carbonyl (C=O) groups is 3. The van der Waals surface area contributed by atoms with Crippen molar-refractivity contribution < 1.29 is 44.3 Å². The summed E-state index contributed by atoms with van der Waals surface area (Å²) in [6.07, 6.45) is 2.54. The van der Waals surface area contributed by atoms with Crippen molar-refractivity contribution in [3.05, 3.63) is 40.5 Å². The molecule has 228 valence electrons. The van der Waals surface area contributed by atoms with E-state index in [1.807, 2.05) is 39.0 Å². The van der Waals surface area contributed by atoms with Gasteiger partial charge in [-0.2, -0.15) is 0 Å². The Kier molecular flexibility index (Phi) is 13.2. The second-order valence-corrected chi connectivity index (χ2v) is 10.4. The van der Waals surface area contributed by atoms with Gasteiger partial charge >= 0.3 is 17.9 Å². The van der Waals surface area contributed by atoms with Gasteiger partial charge in [0, 0.05) is 11.1 Å². The maximum absolute atomic E-state index is 13.2. The minimum atomic E-state index is -1.08. The molecule has 2 aromatic rings. The van der Waals surface area contributed by atoms with Crippen molar-refractivity contribution in [3.63, 3.8) is 0 Å². The number of esters is 2. The van der Waals surface area contributed by atoms with Crippen LogP contribution in [-0.2, 0) is 43.1 Å². The number of para-hydroxylation sites is 1. The molecule has 4 N–H and O–H groups in total. The van der Waals surface area contributed by atoms with Crippen LogP contribution in [0.3, 0.4) is 0 Å². The Morgan fingerprint density at radius 2 is 1.49 bits per heavy atom. The van der Waals surface area contributed by atoms with Gasteiger partial charge in [0.25, 0.3) is 0 Å². The highest BCUT2D eigenvalue weighted by Gasteiger charge is 2.34. The smallest absolute Gasteiger partial charge is 0.309 e. The number of rotatable bonds is 17. The van der Waals surface area contributed by atoms with E-state index >= 15 is 0 Å². The average molecular weight is 576 g/mol. The molecule has 2 rings (SSSR count). The van der Waals surface area contributed by atoms with Crippen molar-refractivity contribution in [3.8, 4) is 17.4 Å². The topological polar surface area (TPSA) is 156 Å². The predicted octanol–water partition coefficient (Wildman–Crippen LogP) is 4.48. The van der Waals surface area contributed by atoms with Crippen LogP contribution in [-0.4, -0.2) is 62.7 Å². The first-order valence-corrected chi connectivity index (χ1v) is 14.4. The summed E-state index contributed by atoms with van der Waals surface area (Å²) < 4.78 is 12.0. The molecule has 0 saturated carbocycles. The Morgan fingerprint density at radius 1 is 0.902 bits per heavy atom. The fraction of sp³-hybridized carbons (Fsp3) is 0.581. The molecule has 0 bridgehead atoms. The quantitative estimate of drug-likeness (QED) is 0.158. The summed E-state index contributed by atoms with van der Waals surface area (Å²) in [6, 6.07) is 5.78. The second-order valence-electron chi connectivity index (χ2n) is 10.4. The number of aliphatic carboxylic acids is 1. The molecule has 1 heterocycles. The summed E-state index contributed by atoms with van der Waals surface area (Å²) in [5, 5.41) is 41.3. The van der Waals surface area contributed by atoms with Crippen molar-refractivity contribution in [2.24, 2.45) is 17.8 Å². The molecule has 0 radical (unpaired) electrons. The largest absolute Gasteiger partial charge is 0.494 e. The lowest BCUT2D eigenvalue weighted by Gasteiger charge is -2.23. The van der Waals surface area contributed by atoms with Crippen LogP contribution < -0.4 is 0 Å². The fourth-order valence-electron chi connectivity index (χ4n) is 5.03. The number of aryl methyl sites for hydroxylation is 2. The maximum Gasteiger partial charge on any atom is 0.309 e. The zero-order valence-electron chi connectivity index (χ0n) is 24.8. The summed E-state index contributed by atoms with van der Waals surface area (Å²) >= 11 is 0. The number of ether oxygens (including phenoxy) is 2. The number of nitrogens with zero attached hydrogens (tertiary/aromatic N) is 1. The van der Waals surface area contributed by atoms with Gasteiger partial charge in [0.15, 0.2) is 0 Å². The van der Waals surface area contributed by atoms with E-state index < -0.39 is 42.3 Å². The number of aromatic hydroxyl groups is 2. The molecule has 0 amide bonds. The van der Waals surface area contributed by atoms with E-state index in [1.54, 1.807) is 6.92 Å². The average Bonchev–Trinajstić information content (AvgIpc) is 3.16. The van der Waals surface area contributed by atoms with Crippen LogP contribution in [0.1, 0.15) is 75.6 Å². The van der Waals surface area contributed by atoms with E-state index in [0.717, 1.165) is 17.5 Å². The van der Waals surface area contributed by atoms with E-state index in [1.165, 1.54) is 11.5 Å². The van der Waals surface area contributed by atoms with E-state index in [2.05, 4.69) is 0 Å². The third-order valence-corrected chi connectivity index (χ3v) is 7.49. The molecule has 1 aromatic heterocycles. The fourth-order valence-corrected chi connectivity index (χ4v) is 5.03. The molecule has 0 saturated heterocycles. The summed E-state index contributed by atoms with van der Waals surface area (Å²) in [6.45, 7) is 8.56. The van der Waals surface area contributed by atoms with E-state index in [-0.39, 0.29) is 44.2 Å². The molecule has 10 nitrogen and oxygen atoms in total. The van der Waals surface area contributed by atoms with Gasteiger partial charge in [0.2, 0.25) is 11.8 Å². The highest BCUT2D eigenvalue weighted by molar-refractivity contribution is 5.78. The maximum atomic E-state index is 13.2. The van der Waals surface area contributed by atoms with Crippen LogP contribution >= 0.6 is 0 Å². The molecular weight excluding hydrogens is 530 g/mol. The van der Waals surface area contributed by atoms with Crippen LogP contribution in [0.25, 0.3) is 5.69 Å². The normalized spacial score (nSPS) is 13.4. The molecule has 0 fully saturated rings. The molecule has 10 heteroatoms. The molecule has 3 atom stereocenters. The van der Waals surface area contributed by atoms with E-state index in [4.69, 9.17) is 9.47 Å². The molecular formula is C31H45NO9. The SMILES string of the molecule is CCCCOC(=O)C(CC(C)C(=O)O)CC(Cc1c(C)c(O)n(-c2c(CC)cccc2CC)c1O)C(=O)OCCO. The van der Waals surface area contributed by atoms with Crippen molar-refractivity contribution in [1.29, 1.82) is 0 Å². The number of benzene rings is 1. The molecule has 0 aliphatic rings. The molecule has 0 spiro atoms. The molecule has 0 aliphatic carbocycles. The standard InChI is InChI=1S/C31H45NO9/c1-6-9-14-40-30(38)23(16-19(4)29(36)37)17-24(31(39)41-15-13-33)18-25-20(5)27(34)32(28(25)35)26-21(7-2)11-10-12-22(26)8-3/h10-12,19,23-24,33-35H,6-9,13-18H2,1-5H3,(H,36,37). The first-order chi connectivity index (χ1) is 19.5. The zero-order chi connectivity index (χ0) is 30.7. The molecule has 0 aliphatic heterocycles. The van der Waals surface area contributed by atoms with Crippen LogP contribution in [0.5, 0.6) is 11.8 Å². The van der Waals surface area contributed by atoms with Gasteiger partial charge in [0.1, 0.15) is 6.61 Å². The number of unbranched alkanes of at least 4 members (excludes halogenated alkanes) is 1. The minimum absolute atomic E-state index is 0.0506. The molecule has 3 unspecified atom stereocenters. The molecule has 1 aromatic carbocycles. The monoisotopic (exact) mass is 575 g/mol. The highest BCUT2D eigenvalue weighted by atomic mass is 16.5. The first kappa shape index (κ1) is 33.7. The second kappa shape index (κ2) is 16.0. The van der Waals surface area contributed by atoms with E-state index in [0.29, 0.717) is 36.1 Å². The Labute approximate surface area is 241 Å². The number of aromatic nitrogens is 1. The van der Waals surface area contributed by atoms with Gasteiger partial charge in [0.05, 0.1) is 36.7 Å². The van der Waals surface area contributed by atoms with Gasteiger partial charge in [-0.1, -0.05) is 52.3 Å². The van der Waals surface area contributed by atoms with Gasteiger partial charge in [-0.25, -0.2) is 0 Å². The van der Waals surface area contributed by atoms with Gasteiger partial charge < -0.3 is 29.9 Å². The van der Waals surface area contributed by atoms with E-state index in [9.17, 15) is 34.8 Å². The molecule has 41 heavy (non-hydrogen) atoms. The van der Waals surface area contributed by atoms with Gasteiger partial charge in [-0.05, 0) is 56.6 Å². The Morgan fingerprint density at radius 3 is 2.02 bits per heavy atom. The van der Waals surface area contributed by atoms with Crippen LogP contribution in [0.2, 0.25) is 0 Å².